The van der Waals surface area contributed by atoms with Crippen molar-refractivity contribution in [1.29, 1.82) is 0 Å². The Morgan fingerprint density at radius 1 is 1.19 bits per heavy atom. The van der Waals surface area contributed by atoms with Crippen LogP contribution >= 0.6 is 34.5 Å². The molecule has 1 fully saturated rings. The number of Topliss-reactive ketones (excluding diaryl/α,β-unsaturated/α-hetero) is 1. The molecule has 1 saturated heterocycles. The van der Waals surface area contributed by atoms with Gasteiger partial charge in [-0.3, -0.25) is 14.5 Å². The third-order valence-electron chi connectivity index (χ3n) is 5.15. The number of nitrogens with zero attached hydrogens (tertiary/aromatic N) is 1. The highest BCUT2D eigenvalue weighted by atomic mass is 35.5. The number of halogens is 3. The van der Waals surface area contributed by atoms with E-state index in [2.05, 4.69) is 0 Å². The molecule has 1 unspecified atom stereocenters. The van der Waals surface area contributed by atoms with Gasteiger partial charge in [0.15, 0.2) is 0 Å². The van der Waals surface area contributed by atoms with E-state index in [1.165, 1.54) is 53.7 Å². The molecule has 1 aliphatic heterocycles. The Morgan fingerprint density at radius 2 is 1.94 bits per heavy atom. The topological polar surface area (TPSA) is 66.8 Å². The molecule has 0 radical (unpaired) electrons. The van der Waals surface area contributed by atoms with Crippen molar-refractivity contribution >= 4 is 57.7 Å². The van der Waals surface area contributed by atoms with Crippen LogP contribution in [0.5, 0.6) is 5.75 Å². The lowest BCUT2D eigenvalue weighted by Gasteiger charge is -2.25. The minimum Gasteiger partial charge on any atom is -0.507 e. The number of carbonyl (C=O) groups is 2. The molecule has 0 bridgehead atoms. The molecule has 1 aromatic heterocycles. The fourth-order valence-corrected chi connectivity index (χ4v) is 5.32. The smallest absolute Gasteiger partial charge is 0.300 e. The van der Waals surface area contributed by atoms with Crippen molar-refractivity contribution in [2.24, 2.45) is 0 Å². The summed E-state index contributed by atoms with van der Waals surface area (Å²) in [5, 5.41) is 13.4. The third-order valence-corrected chi connectivity index (χ3v) is 6.72. The SMILES string of the molecule is COc1c(Cl)cc(Cl)cc1/C(O)=C1\C(=O)C(=O)N(c2cccc(F)c2)C1c1sccc1C. The van der Waals surface area contributed by atoms with E-state index in [9.17, 15) is 19.1 Å². The molecule has 0 saturated carbocycles. The number of ether oxygens (including phenoxy) is 1. The van der Waals surface area contributed by atoms with Crippen molar-refractivity contribution in [2.75, 3.05) is 12.0 Å². The zero-order valence-electron chi connectivity index (χ0n) is 16.9. The van der Waals surface area contributed by atoms with E-state index in [1.807, 2.05) is 18.4 Å². The van der Waals surface area contributed by atoms with E-state index < -0.39 is 29.3 Å². The number of thiophene rings is 1. The number of benzene rings is 2. The standard InChI is InChI=1S/C23H16Cl2FNO4S/c1-11-6-7-32-22(11)18-17(19(28)15-8-12(24)9-16(25)21(15)31-2)20(29)23(30)27(18)14-5-3-4-13(26)10-14/h3-10,18,28H,1-2H3/b19-17+. The van der Waals surface area contributed by atoms with E-state index in [1.54, 1.807) is 0 Å². The minimum absolute atomic E-state index is 0.0708. The molecule has 0 spiro atoms. The zero-order valence-corrected chi connectivity index (χ0v) is 19.2. The molecule has 32 heavy (non-hydrogen) atoms. The normalized spacial score (nSPS) is 17.8. The Hall–Kier alpha value is -2.87. The summed E-state index contributed by atoms with van der Waals surface area (Å²) in [4.78, 5) is 28.1. The first-order valence-corrected chi connectivity index (χ1v) is 11.0. The Labute approximate surface area is 197 Å². The zero-order chi connectivity index (χ0) is 23.2. The van der Waals surface area contributed by atoms with Gasteiger partial charge in [-0.05, 0) is 54.3 Å². The molecular weight excluding hydrogens is 476 g/mol. The van der Waals surface area contributed by atoms with Crippen molar-refractivity contribution in [3.05, 3.63) is 85.3 Å². The highest BCUT2D eigenvalue weighted by molar-refractivity contribution is 7.10. The number of methoxy groups -OCH3 is 1. The molecule has 1 atom stereocenters. The first kappa shape index (κ1) is 22.3. The molecule has 2 aromatic carbocycles. The molecule has 3 aromatic rings. The maximum atomic E-state index is 14.0. The number of aliphatic hydroxyl groups excluding tert-OH is 1. The predicted molar refractivity (Wildman–Crippen MR) is 123 cm³/mol. The molecule has 2 heterocycles. The Kier molecular flexibility index (Phi) is 5.99. The molecule has 9 heteroatoms. The van der Waals surface area contributed by atoms with E-state index in [0.717, 1.165) is 11.6 Å². The van der Waals surface area contributed by atoms with Crippen molar-refractivity contribution in [1.82, 2.24) is 0 Å². The van der Waals surface area contributed by atoms with Crippen LogP contribution in [0.25, 0.3) is 5.76 Å². The van der Waals surface area contributed by atoms with Crippen molar-refractivity contribution in [3.8, 4) is 5.75 Å². The molecule has 0 aliphatic carbocycles. The van der Waals surface area contributed by atoms with Gasteiger partial charge in [0.2, 0.25) is 0 Å². The van der Waals surface area contributed by atoms with Gasteiger partial charge in [0, 0.05) is 15.6 Å². The first-order valence-electron chi connectivity index (χ1n) is 9.38. The first-order chi connectivity index (χ1) is 15.2. The van der Waals surface area contributed by atoms with Crippen LogP contribution in [-0.2, 0) is 9.59 Å². The second-order valence-corrected chi connectivity index (χ2v) is 8.88. The van der Waals surface area contributed by atoms with Crippen molar-refractivity contribution < 1.29 is 23.8 Å². The summed E-state index contributed by atoms with van der Waals surface area (Å²) in [6.45, 7) is 1.83. The van der Waals surface area contributed by atoms with Crippen molar-refractivity contribution in [2.45, 2.75) is 13.0 Å². The van der Waals surface area contributed by atoms with E-state index in [-0.39, 0.29) is 32.6 Å². The van der Waals surface area contributed by atoms with Crippen LogP contribution in [0.2, 0.25) is 10.0 Å². The maximum absolute atomic E-state index is 14.0. The number of aliphatic hydroxyl groups is 1. The van der Waals surface area contributed by atoms with Gasteiger partial charge in [-0.15, -0.1) is 11.3 Å². The van der Waals surface area contributed by atoms with Gasteiger partial charge < -0.3 is 9.84 Å². The average molecular weight is 492 g/mol. The second kappa shape index (κ2) is 8.58. The Morgan fingerprint density at radius 3 is 2.56 bits per heavy atom. The molecular formula is C23H16Cl2FNO4S. The van der Waals surface area contributed by atoms with Crippen LogP contribution in [-0.4, -0.2) is 23.9 Å². The summed E-state index contributed by atoms with van der Waals surface area (Å²) in [6.07, 6.45) is 0. The lowest BCUT2D eigenvalue weighted by molar-refractivity contribution is -0.132. The number of hydrogen-bond acceptors (Lipinski definition) is 5. The second-order valence-electron chi connectivity index (χ2n) is 7.09. The molecule has 4 rings (SSSR count). The third kappa shape index (κ3) is 3.66. The minimum atomic E-state index is -0.973. The fourth-order valence-electron chi connectivity index (χ4n) is 3.73. The molecule has 164 valence electrons. The summed E-state index contributed by atoms with van der Waals surface area (Å²) in [5.74, 6) is -2.74. The van der Waals surface area contributed by atoms with E-state index in [0.29, 0.717) is 4.88 Å². The molecule has 1 N–H and O–H groups in total. The monoisotopic (exact) mass is 491 g/mol. The quantitative estimate of drug-likeness (QED) is 0.270. The summed E-state index contributed by atoms with van der Waals surface area (Å²) in [5.41, 5.74) is 0.910. The Bertz CT molecular complexity index is 1290. The van der Waals surface area contributed by atoms with E-state index >= 15 is 0 Å². The molecule has 1 aliphatic rings. The molecule has 5 nitrogen and oxygen atoms in total. The van der Waals surface area contributed by atoms with Crippen LogP contribution in [0.15, 0.2) is 53.4 Å². The van der Waals surface area contributed by atoms with Gasteiger partial charge in [-0.1, -0.05) is 29.3 Å². The summed E-state index contributed by atoms with van der Waals surface area (Å²) in [6, 6.07) is 9.08. The highest BCUT2D eigenvalue weighted by Crippen LogP contribution is 2.46. The fraction of sp³-hybridized carbons (Fsp3) is 0.130. The number of rotatable bonds is 4. The van der Waals surface area contributed by atoms with Crippen LogP contribution in [0, 0.1) is 12.7 Å². The number of carbonyl (C=O) groups excluding carboxylic acids is 2. The van der Waals surface area contributed by atoms with Gasteiger partial charge in [-0.25, -0.2) is 4.39 Å². The largest absolute Gasteiger partial charge is 0.507 e. The average Bonchev–Trinajstić information content (AvgIpc) is 3.27. The molecule has 1 amide bonds. The van der Waals surface area contributed by atoms with Crippen LogP contribution < -0.4 is 9.64 Å². The summed E-state index contributed by atoms with van der Waals surface area (Å²) in [7, 11) is 1.36. The lowest BCUT2D eigenvalue weighted by atomic mass is 9.97. The van der Waals surface area contributed by atoms with Gasteiger partial charge in [0.05, 0.1) is 23.3 Å². The summed E-state index contributed by atoms with van der Waals surface area (Å²) < 4.78 is 19.3. The van der Waals surface area contributed by atoms with Gasteiger partial charge in [0.1, 0.15) is 23.4 Å². The highest BCUT2D eigenvalue weighted by Gasteiger charge is 2.48. The van der Waals surface area contributed by atoms with Crippen molar-refractivity contribution in [3.63, 3.8) is 0 Å². The number of amides is 1. The number of hydrogen-bond donors (Lipinski definition) is 1. The maximum Gasteiger partial charge on any atom is 0.300 e. The van der Waals surface area contributed by atoms with Crippen LogP contribution in [0.4, 0.5) is 10.1 Å². The van der Waals surface area contributed by atoms with Gasteiger partial charge in [0.25, 0.3) is 11.7 Å². The number of ketones is 1. The van der Waals surface area contributed by atoms with Gasteiger partial charge in [-0.2, -0.15) is 0 Å². The number of aryl methyl sites for hydroxylation is 1. The Balaban J connectivity index is 2.02. The lowest BCUT2D eigenvalue weighted by Crippen LogP contribution is -2.29. The summed E-state index contributed by atoms with van der Waals surface area (Å²) >= 11 is 13.6. The van der Waals surface area contributed by atoms with Crippen LogP contribution in [0.3, 0.4) is 0 Å². The predicted octanol–water partition coefficient (Wildman–Crippen LogP) is 6.14. The number of anilines is 1. The van der Waals surface area contributed by atoms with Crippen LogP contribution in [0.1, 0.15) is 22.0 Å². The van der Waals surface area contributed by atoms with Gasteiger partial charge >= 0.3 is 0 Å². The van der Waals surface area contributed by atoms with E-state index in [4.69, 9.17) is 27.9 Å².